The summed E-state index contributed by atoms with van der Waals surface area (Å²) in [7, 11) is 0. The first-order valence-electron chi connectivity index (χ1n) is 18.2. The first-order chi connectivity index (χ1) is 20.1. The van der Waals surface area contributed by atoms with Gasteiger partial charge in [-0.15, -0.1) is 0 Å². The van der Waals surface area contributed by atoms with E-state index in [0.717, 1.165) is 25.7 Å². The molecule has 0 aromatic rings. The Morgan fingerprint density at radius 1 is 0.585 bits per heavy atom. The third-order valence-electron chi connectivity index (χ3n) is 8.07. The van der Waals surface area contributed by atoms with Gasteiger partial charge in [-0.2, -0.15) is 0 Å². The van der Waals surface area contributed by atoms with E-state index in [9.17, 15) is 4.79 Å². The highest BCUT2D eigenvalue weighted by molar-refractivity contribution is 7.80. The molecule has 0 saturated carbocycles. The minimum Gasteiger partial charge on any atom is -0.482 e. The summed E-state index contributed by atoms with van der Waals surface area (Å²) in [5.41, 5.74) is 0. The van der Waals surface area contributed by atoms with Gasteiger partial charge < -0.3 is 10.1 Å². The summed E-state index contributed by atoms with van der Waals surface area (Å²) in [5, 5.41) is 3.72. The Kier molecular flexibility index (Phi) is 32.9. The standard InChI is InChI=1S/C37H71NO2S/c1-4-6-8-10-12-14-16-18-19-21-22-24-26-28-30-32-36(39)38-34-35(3)40-37(41)33-31-29-27-25-23-20-17-15-13-11-9-7-5-2/h18-19,35H,4-17,20-34H2,1-3H3,(H,38,39)/b19-18-. The van der Waals surface area contributed by atoms with Crippen LogP contribution in [0.2, 0.25) is 0 Å². The molecule has 0 bridgehead atoms. The predicted octanol–water partition coefficient (Wildman–Crippen LogP) is 12.4. The lowest BCUT2D eigenvalue weighted by Crippen LogP contribution is -2.32. The van der Waals surface area contributed by atoms with Crippen molar-refractivity contribution >= 4 is 23.2 Å². The van der Waals surface area contributed by atoms with Crippen LogP contribution in [0.3, 0.4) is 0 Å². The second kappa shape index (κ2) is 33.6. The fourth-order valence-corrected chi connectivity index (χ4v) is 5.62. The number of hydrogen-bond donors (Lipinski definition) is 1. The Labute approximate surface area is 262 Å². The molecule has 0 spiro atoms. The number of allylic oxidation sites excluding steroid dienone is 2. The molecule has 0 fully saturated rings. The van der Waals surface area contributed by atoms with E-state index in [1.54, 1.807) is 0 Å². The van der Waals surface area contributed by atoms with Crippen molar-refractivity contribution in [3.8, 4) is 0 Å². The van der Waals surface area contributed by atoms with Crippen molar-refractivity contribution in [2.75, 3.05) is 6.54 Å². The molecule has 242 valence electrons. The van der Waals surface area contributed by atoms with E-state index < -0.39 is 0 Å². The highest BCUT2D eigenvalue weighted by atomic mass is 32.1. The summed E-state index contributed by atoms with van der Waals surface area (Å²) < 4.78 is 5.85. The van der Waals surface area contributed by atoms with Crippen LogP contribution in [0.1, 0.15) is 201 Å². The van der Waals surface area contributed by atoms with Gasteiger partial charge in [0.2, 0.25) is 5.91 Å². The summed E-state index contributed by atoms with van der Waals surface area (Å²) in [6.07, 6.45) is 40.4. The monoisotopic (exact) mass is 594 g/mol. The molecular formula is C37H71NO2S. The summed E-state index contributed by atoms with van der Waals surface area (Å²) in [6, 6.07) is 0. The van der Waals surface area contributed by atoms with Crippen LogP contribution in [-0.4, -0.2) is 23.6 Å². The lowest BCUT2D eigenvalue weighted by atomic mass is 10.0. The number of unbranched alkanes of at least 4 members (excludes halogenated alkanes) is 23. The summed E-state index contributed by atoms with van der Waals surface area (Å²) in [4.78, 5) is 12.2. The maximum absolute atomic E-state index is 12.2. The molecule has 0 aliphatic carbocycles. The summed E-state index contributed by atoms with van der Waals surface area (Å²) in [5.74, 6) is 0.139. The minimum absolute atomic E-state index is 0.0532. The molecule has 0 aliphatic rings. The second-order valence-electron chi connectivity index (χ2n) is 12.4. The Balaban J connectivity index is 3.44. The molecule has 0 aromatic heterocycles. The maximum atomic E-state index is 12.2. The predicted molar refractivity (Wildman–Crippen MR) is 186 cm³/mol. The fraction of sp³-hybridized carbons (Fsp3) is 0.892. The largest absolute Gasteiger partial charge is 0.482 e. The van der Waals surface area contributed by atoms with Gasteiger partial charge in [0.15, 0.2) is 5.05 Å². The van der Waals surface area contributed by atoms with Crippen molar-refractivity contribution in [1.82, 2.24) is 5.32 Å². The second-order valence-corrected chi connectivity index (χ2v) is 12.9. The van der Waals surface area contributed by atoms with Crippen molar-refractivity contribution in [2.24, 2.45) is 0 Å². The van der Waals surface area contributed by atoms with Crippen LogP contribution in [0.5, 0.6) is 0 Å². The average Bonchev–Trinajstić information content (AvgIpc) is 2.96. The van der Waals surface area contributed by atoms with Crippen molar-refractivity contribution in [3.63, 3.8) is 0 Å². The minimum atomic E-state index is -0.0532. The average molecular weight is 594 g/mol. The van der Waals surface area contributed by atoms with Gasteiger partial charge in [0.25, 0.3) is 0 Å². The molecule has 0 aromatic carbocycles. The molecule has 1 N–H and O–H groups in total. The van der Waals surface area contributed by atoms with Gasteiger partial charge in [0.05, 0.1) is 6.54 Å². The maximum Gasteiger partial charge on any atom is 0.220 e. The van der Waals surface area contributed by atoms with Crippen LogP contribution in [0, 0.1) is 0 Å². The number of carbonyl (C=O) groups excluding carboxylic acids is 1. The molecule has 41 heavy (non-hydrogen) atoms. The van der Waals surface area contributed by atoms with E-state index in [1.807, 2.05) is 6.92 Å². The highest BCUT2D eigenvalue weighted by Gasteiger charge is 2.09. The number of thiocarbonyl (C=S) groups is 1. The van der Waals surface area contributed by atoms with Gasteiger partial charge in [-0.1, -0.05) is 154 Å². The lowest BCUT2D eigenvalue weighted by molar-refractivity contribution is -0.121. The normalized spacial score (nSPS) is 12.2. The third kappa shape index (κ3) is 33.5. The number of ether oxygens (including phenoxy) is 1. The van der Waals surface area contributed by atoms with Crippen LogP contribution in [-0.2, 0) is 9.53 Å². The van der Waals surface area contributed by atoms with Crippen LogP contribution >= 0.6 is 12.2 Å². The highest BCUT2D eigenvalue weighted by Crippen LogP contribution is 2.14. The first kappa shape index (κ1) is 40.1. The van der Waals surface area contributed by atoms with E-state index in [4.69, 9.17) is 17.0 Å². The molecule has 0 heterocycles. The zero-order chi connectivity index (χ0) is 30.1. The number of carbonyl (C=O) groups is 1. The van der Waals surface area contributed by atoms with Gasteiger partial charge in [0.1, 0.15) is 6.10 Å². The van der Waals surface area contributed by atoms with E-state index >= 15 is 0 Å². The first-order valence-corrected chi connectivity index (χ1v) is 18.6. The topological polar surface area (TPSA) is 38.3 Å². The Morgan fingerprint density at radius 2 is 0.951 bits per heavy atom. The van der Waals surface area contributed by atoms with Gasteiger partial charge in [-0.05, 0) is 57.7 Å². The van der Waals surface area contributed by atoms with Gasteiger partial charge in [-0.3, -0.25) is 4.79 Å². The molecule has 0 saturated heterocycles. The van der Waals surface area contributed by atoms with Crippen LogP contribution < -0.4 is 5.32 Å². The van der Waals surface area contributed by atoms with E-state index in [2.05, 4.69) is 31.3 Å². The van der Waals surface area contributed by atoms with E-state index in [-0.39, 0.29) is 12.0 Å². The Morgan fingerprint density at radius 3 is 1.39 bits per heavy atom. The number of amides is 1. The van der Waals surface area contributed by atoms with E-state index in [1.165, 1.54) is 148 Å². The molecular weight excluding hydrogens is 522 g/mol. The van der Waals surface area contributed by atoms with Gasteiger partial charge >= 0.3 is 0 Å². The Hall–Kier alpha value is -0.900. The molecule has 1 amide bonds. The molecule has 3 nitrogen and oxygen atoms in total. The quantitative estimate of drug-likeness (QED) is 0.0479. The molecule has 1 unspecified atom stereocenters. The van der Waals surface area contributed by atoms with Crippen molar-refractivity contribution in [3.05, 3.63) is 12.2 Å². The zero-order valence-corrected chi connectivity index (χ0v) is 28.8. The lowest BCUT2D eigenvalue weighted by Gasteiger charge is -2.16. The van der Waals surface area contributed by atoms with Gasteiger partial charge in [0, 0.05) is 12.8 Å². The molecule has 1 atom stereocenters. The van der Waals surface area contributed by atoms with Crippen LogP contribution in [0.15, 0.2) is 12.2 Å². The van der Waals surface area contributed by atoms with Crippen molar-refractivity contribution in [2.45, 2.75) is 207 Å². The number of hydrogen-bond acceptors (Lipinski definition) is 3. The SMILES string of the molecule is CCCCCCCC/C=C\CCCCCCCC(=O)NCC(C)OC(=S)CCCCCCCCCCCCCCC. The summed E-state index contributed by atoms with van der Waals surface area (Å²) >= 11 is 5.43. The molecule has 0 rings (SSSR count). The fourth-order valence-electron chi connectivity index (χ4n) is 5.31. The Bertz CT molecular complexity index is 591. The van der Waals surface area contributed by atoms with E-state index in [0.29, 0.717) is 18.0 Å². The van der Waals surface area contributed by atoms with Crippen molar-refractivity contribution < 1.29 is 9.53 Å². The van der Waals surface area contributed by atoms with Gasteiger partial charge in [-0.25, -0.2) is 0 Å². The van der Waals surface area contributed by atoms with Crippen LogP contribution in [0.4, 0.5) is 0 Å². The summed E-state index contributed by atoms with van der Waals surface area (Å²) in [6.45, 7) is 7.10. The number of nitrogens with one attached hydrogen (secondary N) is 1. The van der Waals surface area contributed by atoms with Crippen LogP contribution in [0.25, 0.3) is 0 Å². The van der Waals surface area contributed by atoms with Crippen molar-refractivity contribution in [1.29, 1.82) is 0 Å². The smallest absolute Gasteiger partial charge is 0.220 e. The molecule has 0 aliphatic heterocycles. The molecule has 4 heteroatoms. The third-order valence-corrected chi connectivity index (χ3v) is 8.37. The zero-order valence-electron chi connectivity index (χ0n) is 28.0. The number of rotatable bonds is 32. The molecule has 0 radical (unpaired) electrons.